The van der Waals surface area contributed by atoms with Crippen molar-refractivity contribution in [1.82, 2.24) is 24.5 Å². The summed E-state index contributed by atoms with van der Waals surface area (Å²) in [5, 5.41) is 10.7. The molecule has 0 spiro atoms. The Morgan fingerprint density at radius 1 is 1.15 bits per heavy atom. The SMILES string of the molecule is COc1ncnc(C2CC2)c1-c1ncc2ccc(=O)n(C(C)c3ccc(N/C(C)=C\C(=N)C(F)(F)F)cc3)c2n1. The number of ether oxygens (including phenoxy) is 1. The molecule has 5 rings (SSSR count). The van der Waals surface area contributed by atoms with Gasteiger partial charge in [0.1, 0.15) is 23.2 Å². The molecule has 1 unspecified atom stereocenters. The maximum atomic E-state index is 13.1. The molecule has 206 valence electrons. The Bertz CT molecular complexity index is 1680. The average molecular weight is 550 g/mol. The maximum Gasteiger partial charge on any atom is 0.432 e. The summed E-state index contributed by atoms with van der Waals surface area (Å²) in [5.74, 6) is 1.02. The Kier molecular flexibility index (Phi) is 7.09. The highest BCUT2D eigenvalue weighted by molar-refractivity contribution is 5.97. The molecule has 9 nitrogen and oxygen atoms in total. The van der Waals surface area contributed by atoms with Gasteiger partial charge in [0.25, 0.3) is 5.56 Å². The fourth-order valence-corrected chi connectivity index (χ4v) is 4.50. The highest BCUT2D eigenvalue weighted by Crippen LogP contribution is 2.44. The first-order valence-electron chi connectivity index (χ1n) is 12.6. The molecular weight excluding hydrogens is 523 g/mol. The van der Waals surface area contributed by atoms with Crippen molar-refractivity contribution in [2.75, 3.05) is 12.4 Å². The van der Waals surface area contributed by atoms with Crippen LogP contribution >= 0.6 is 0 Å². The summed E-state index contributed by atoms with van der Waals surface area (Å²) >= 11 is 0. The first-order valence-corrected chi connectivity index (χ1v) is 12.6. The zero-order valence-electron chi connectivity index (χ0n) is 22.0. The van der Waals surface area contributed by atoms with E-state index in [1.54, 1.807) is 41.1 Å². The van der Waals surface area contributed by atoms with E-state index in [0.29, 0.717) is 34.0 Å². The summed E-state index contributed by atoms with van der Waals surface area (Å²) < 4.78 is 45.1. The van der Waals surface area contributed by atoms with Gasteiger partial charge in [-0.05, 0) is 56.5 Å². The van der Waals surface area contributed by atoms with Crippen LogP contribution in [0, 0.1) is 5.41 Å². The molecule has 0 radical (unpaired) electrons. The zero-order chi connectivity index (χ0) is 28.6. The second-order valence-corrected chi connectivity index (χ2v) is 9.59. The summed E-state index contributed by atoms with van der Waals surface area (Å²) in [6.45, 7) is 3.31. The number of hydrogen-bond donors (Lipinski definition) is 2. The number of benzene rings is 1. The van der Waals surface area contributed by atoms with Crippen LogP contribution in [0.4, 0.5) is 18.9 Å². The number of pyridine rings is 1. The van der Waals surface area contributed by atoms with Crippen LogP contribution < -0.4 is 15.6 Å². The molecule has 0 bridgehead atoms. The fourth-order valence-electron chi connectivity index (χ4n) is 4.50. The largest absolute Gasteiger partial charge is 0.480 e. The number of fused-ring (bicyclic) bond motifs is 1. The highest BCUT2D eigenvalue weighted by atomic mass is 19.4. The van der Waals surface area contributed by atoms with Crippen molar-refractivity contribution in [2.24, 2.45) is 0 Å². The van der Waals surface area contributed by atoms with Crippen molar-refractivity contribution in [3.63, 3.8) is 0 Å². The predicted octanol–water partition coefficient (Wildman–Crippen LogP) is 5.64. The van der Waals surface area contributed by atoms with Crippen LogP contribution in [0.3, 0.4) is 0 Å². The summed E-state index contributed by atoms with van der Waals surface area (Å²) in [7, 11) is 1.53. The molecule has 0 aliphatic heterocycles. The van der Waals surface area contributed by atoms with E-state index in [0.717, 1.165) is 30.2 Å². The summed E-state index contributed by atoms with van der Waals surface area (Å²) in [6, 6.07) is 9.66. The smallest absolute Gasteiger partial charge is 0.432 e. The minimum atomic E-state index is -4.71. The normalized spacial score (nSPS) is 14.7. The summed E-state index contributed by atoms with van der Waals surface area (Å²) in [4.78, 5) is 31.2. The standard InChI is InChI=1S/C28H26F3N7O2/c1-15(12-21(32)28(29,30)31)36-20-9-6-17(7-10-20)16(2)38-22(39)11-8-19-13-33-25(37-26(19)38)23-24(18-4-5-18)34-14-35-27(23)40-3/h6-14,16,18,32,36H,4-5H2,1-3H3/b15-12-,32-21?. The van der Waals surface area contributed by atoms with Crippen molar-refractivity contribution < 1.29 is 17.9 Å². The summed E-state index contributed by atoms with van der Waals surface area (Å²) in [6.07, 6.45) is 1.15. The number of allylic oxidation sites excluding steroid dienone is 2. The van der Waals surface area contributed by atoms with Crippen LogP contribution in [-0.2, 0) is 0 Å². The van der Waals surface area contributed by atoms with E-state index >= 15 is 0 Å². The predicted molar refractivity (Wildman–Crippen MR) is 145 cm³/mol. The zero-order valence-corrected chi connectivity index (χ0v) is 22.0. The molecule has 1 atom stereocenters. The molecule has 1 saturated carbocycles. The fraction of sp³-hybridized carbons (Fsp3) is 0.286. The van der Waals surface area contributed by atoms with Crippen LogP contribution in [0.25, 0.3) is 22.4 Å². The van der Waals surface area contributed by atoms with E-state index < -0.39 is 17.9 Å². The van der Waals surface area contributed by atoms with Crippen LogP contribution in [0.5, 0.6) is 5.88 Å². The molecule has 1 fully saturated rings. The number of nitrogens with zero attached hydrogens (tertiary/aromatic N) is 5. The third kappa shape index (κ3) is 5.42. The van der Waals surface area contributed by atoms with Gasteiger partial charge < -0.3 is 10.1 Å². The van der Waals surface area contributed by atoms with E-state index in [4.69, 9.17) is 15.1 Å². The third-order valence-electron chi connectivity index (χ3n) is 6.68. The Labute approximate surface area is 227 Å². The molecule has 1 aromatic carbocycles. The highest BCUT2D eigenvalue weighted by Gasteiger charge is 2.33. The van der Waals surface area contributed by atoms with Crippen LogP contribution in [-0.4, -0.2) is 43.5 Å². The number of rotatable bonds is 8. The van der Waals surface area contributed by atoms with E-state index in [2.05, 4.69) is 20.3 Å². The molecule has 1 aliphatic rings. The average Bonchev–Trinajstić information content (AvgIpc) is 3.77. The first-order chi connectivity index (χ1) is 19.1. The lowest BCUT2D eigenvalue weighted by molar-refractivity contribution is -0.0584. The van der Waals surface area contributed by atoms with Crippen molar-refractivity contribution in [2.45, 2.75) is 44.8 Å². The van der Waals surface area contributed by atoms with Crippen molar-refractivity contribution in [1.29, 1.82) is 5.41 Å². The van der Waals surface area contributed by atoms with Crippen LogP contribution in [0.1, 0.15) is 49.9 Å². The minimum Gasteiger partial charge on any atom is -0.480 e. The second kappa shape index (κ2) is 10.5. The minimum absolute atomic E-state index is 0.170. The molecule has 4 aromatic rings. The summed E-state index contributed by atoms with van der Waals surface area (Å²) in [5.41, 5.74) is 1.66. The van der Waals surface area contributed by atoms with Gasteiger partial charge in [-0.2, -0.15) is 13.2 Å². The molecule has 0 amide bonds. The number of anilines is 1. The van der Waals surface area contributed by atoms with Gasteiger partial charge in [-0.3, -0.25) is 14.8 Å². The number of nitrogens with one attached hydrogen (secondary N) is 2. The first kappa shape index (κ1) is 27.0. The van der Waals surface area contributed by atoms with E-state index in [1.807, 2.05) is 6.92 Å². The quantitative estimate of drug-likeness (QED) is 0.273. The Morgan fingerprint density at radius 3 is 2.52 bits per heavy atom. The van der Waals surface area contributed by atoms with Crippen molar-refractivity contribution in [3.8, 4) is 17.3 Å². The van der Waals surface area contributed by atoms with E-state index in [-0.39, 0.29) is 17.2 Å². The third-order valence-corrected chi connectivity index (χ3v) is 6.68. The number of hydrogen-bond acceptors (Lipinski definition) is 8. The number of aromatic nitrogens is 5. The number of methoxy groups -OCH3 is 1. The lowest BCUT2D eigenvalue weighted by Crippen LogP contribution is -2.24. The molecule has 3 aromatic heterocycles. The molecule has 2 N–H and O–H groups in total. The van der Waals surface area contributed by atoms with Gasteiger partial charge >= 0.3 is 6.18 Å². The Hall–Kier alpha value is -4.61. The van der Waals surface area contributed by atoms with Crippen molar-refractivity contribution >= 4 is 22.4 Å². The molecular formula is C28H26F3N7O2. The Balaban J connectivity index is 1.50. The van der Waals surface area contributed by atoms with E-state index in [1.165, 1.54) is 26.4 Å². The lowest BCUT2D eigenvalue weighted by Gasteiger charge is -2.19. The van der Waals surface area contributed by atoms with Gasteiger partial charge in [0.05, 0.1) is 18.8 Å². The van der Waals surface area contributed by atoms with Gasteiger partial charge in [0, 0.05) is 35.0 Å². The lowest BCUT2D eigenvalue weighted by atomic mass is 10.1. The van der Waals surface area contributed by atoms with Crippen LogP contribution in [0.2, 0.25) is 0 Å². The van der Waals surface area contributed by atoms with E-state index in [9.17, 15) is 18.0 Å². The molecule has 3 heterocycles. The topological polar surface area (TPSA) is 119 Å². The molecule has 40 heavy (non-hydrogen) atoms. The molecule has 1 aliphatic carbocycles. The maximum absolute atomic E-state index is 13.1. The van der Waals surface area contributed by atoms with Crippen LogP contribution in [0.15, 0.2) is 65.5 Å². The van der Waals surface area contributed by atoms with Gasteiger partial charge in [-0.1, -0.05) is 12.1 Å². The van der Waals surface area contributed by atoms with Gasteiger partial charge in [-0.15, -0.1) is 0 Å². The molecule has 0 saturated heterocycles. The number of alkyl halides is 3. The second-order valence-electron chi connectivity index (χ2n) is 9.59. The van der Waals surface area contributed by atoms with Gasteiger partial charge in [0.2, 0.25) is 5.88 Å². The molecule has 12 heteroatoms. The van der Waals surface area contributed by atoms with Crippen molar-refractivity contribution in [3.05, 3.63) is 82.3 Å². The number of halogens is 3. The monoisotopic (exact) mass is 549 g/mol. The van der Waals surface area contributed by atoms with Gasteiger partial charge in [-0.25, -0.2) is 19.9 Å². The van der Waals surface area contributed by atoms with Gasteiger partial charge in [0.15, 0.2) is 5.82 Å². The Morgan fingerprint density at radius 2 is 1.88 bits per heavy atom.